The lowest BCUT2D eigenvalue weighted by atomic mass is 10.1. The summed E-state index contributed by atoms with van der Waals surface area (Å²) in [7, 11) is 0. The number of benzene rings is 2. The molecule has 150 valence electrons. The molecule has 0 spiro atoms. The summed E-state index contributed by atoms with van der Waals surface area (Å²) in [6.07, 6.45) is 1.39. The number of fused-ring (bicyclic) bond motifs is 1. The first-order valence-corrected chi connectivity index (χ1v) is 10.3. The predicted molar refractivity (Wildman–Crippen MR) is 118 cm³/mol. The van der Waals surface area contributed by atoms with Gasteiger partial charge >= 0.3 is 0 Å². The van der Waals surface area contributed by atoms with Crippen molar-refractivity contribution in [3.8, 4) is 28.3 Å². The molecule has 2 aromatic carbocycles. The molecule has 0 unspecified atom stereocenters. The lowest BCUT2D eigenvalue weighted by molar-refractivity contribution is 0.341. The molecular weight excluding hydrogens is 408 g/mol. The Morgan fingerprint density at radius 3 is 2.74 bits per heavy atom. The molecule has 2 heterocycles. The van der Waals surface area contributed by atoms with Crippen molar-refractivity contribution in [2.45, 2.75) is 13.5 Å². The molecule has 8 heteroatoms. The lowest BCUT2D eigenvalue weighted by Crippen LogP contribution is -1.93. The Morgan fingerprint density at radius 1 is 1.06 bits per heavy atom. The Kier molecular flexibility index (Phi) is 5.93. The van der Waals surface area contributed by atoms with E-state index in [9.17, 15) is 5.26 Å². The minimum Gasteiger partial charge on any atom is -0.493 e. The Bertz CT molecular complexity index is 1360. The average Bonchev–Trinajstić information content (AvgIpc) is 3.19. The van der Waals surface area contributed by atoms with E-state index < -0.39 is 0 Å². The summed E-state index contributed by atoms with van der Waals surface area (Å²) in [5.41, 5.74) is 3.30. The number of rotatable bonds is 6. The van der Waals surface area contributed by atoms with Gasteiger partial charge in [0.1, 0.15) is 28.4 Å². The number of nitriles is 2. The van der Waals surface area contributed by atoms with Crippen LogP contribution >= 0.6 is 11.3 Å². The topological polar surface area (TPSA) is 107 Å². The largest absolute Gasteiger partial charge is 0.493 e. The van der Waals surface area contributed by atoms with Crippen molar-refractivity contribution in [3.05, 3.63) is 71.5 Å². The van der Waals surface area contributed by atoms with Gasteiger partial charge in [0.2, 0.25) is 0 Å². The molecule has 4 aromatic rings. The number of hydrogen-bond acceptors (Lipinski definition) is 8. The first-order chi connectivity index (χ1) is 15.2. The third kappa shape index (κ3) is 4.11. The third-order valence-electron chi connectivity index (χ3n) is 4.47. The van der Waals surface area contributed by atoms with E-state index in [1.807, 2.05) is 43.3 Å². The van der Waals surface area contributed by atoms with Gasteiger partial charge in [-0.1, -0.05) is 24.3 Å². The van der Waals surface area contributed by atoms with Crippen LogP contribution in [0, 0.1) is 22.7 Å². The highest BCUT2D eigenvalue weighted by Crippen LogP contribution is 2.43. The fraction of sp³-hybridized carbons (Fsp3) is 0.130. The van der Waals surface area contributed by atoms with Gasteiger partial charge in [0, 0.05) is 5.56 Å². The predicted octanol–water partition coefficient (Wildman–Crippen LogP) is 5.78. The molecule has 0 aliphatic rings. The molecule has 0 bridgehead atoms. The van der Waals surface area contributed by atoms with Crippen LogP contribution in [0.1, 0.15) is 23.6 Å². The van der Waals surface area contributed by atoms with Crippen molar-refractivity contribution in [1.29, 1.82) is 10.5 Å². The number of nitrogens with zero attached hydrogens (tertiary/aromatic N) is 6. The monoisotopic (exact) mass is 424 g/mol. The molecule has 0 saturated heterocycles. The summed E-state index contributed by atoms with van der Waals surface area (Å²) in [5, 5.41) is 27.4. The standard InChI is InChI=1S/C23H16N6OS/c1-2-30-19-9-4-3-8-17(19)21-18(12-25)20-22(31-21)23(27-14-26-20)29-28-13-16-7-5-6-15(10-16)11-24/h3-10,14H,2,13H2,1H3. The van der Waals surface area contributed by atoms with Gasteiger partial charge in [0.25, 0.3) is 0 Å². The van der Waals surface area contributed by atoms with E-state index in [-0.39, 0.29) is 0 Å². The van der Waals surface area contributed by atoms with E-state index in [2.05, 4.69) is 32.3 Å². The summed E-state index contributed by atoms with van der Waals surface area (Å²) in [6, 6.07) is 19.2. The lowest BCUT2D eigenvalue weighted by Gasteiger charge is -2.08. The molecule has 7 nitrogen and oxygen atoms in total. The van der Waals surface area contributed by atoms with Crippen molar-refractivity contribution in [3.63, 3.8) is 0 Å². The minimum atomic E-state index is 0.317. The second kappa shape index (κ2) is 9.12. The van der Waals surface area contributed by atoms with E-state index in [0.717, 1.165) is 16.0 Å². The van der Waals surface area contributed by atoms with E-state index in [1.165, 1.54) is 17.7 Å². The van der Waals surface area contributed by atoms with Crippen LogP contribution in [0.3, 0.4) is 0 Å². The number of thiophene rings is 1. The number of aromatic nitrogens is 2. The van der Waals surface area contributed by atoms with Crippen LogP contribution in [0.4, 0.5) is 5.82 Å². The summed E-state index contributed by atoms with van der Waals surface area (Å²) < 4.78 is 6.44. The average molecular weight is 424 g/mol. The summed E-state index contributed by atoms with van der Waals surface area (Å²) in [5.74, 6) is 1.12. The van der Waals surface area contributed by atoms with Gasteiger partial charge in [-0.05, 0) is 36.8 Å². The van der Waals surface area contributed by atoms with Gasteiger partial charge in [0.05, 0.1) is 35.2 Å². The molecule has 0 N–H and O–H groups in total. The summed E-state index contributed by atoms with van der Waals surface area (Å²) in [6.45, 7) is 2.76. The van der Waals surface area contributed by atoms with Crippen LogP contribution < -0.4 is 4.74 Å². The quantitative estimate of drug-likeness (QED) is 0.364. The van der Waals surface area contributed by atoms with Crippen LogP contribution in [0.25, 0.3) is 20.7 Å². The Hall–Kier alpha value is -4.14. The van der Waals surface area contributed by atoms with Gasteiger partial charge in [-0.25, -0.2) is 9.97 Å². The van der Waals surface area contributed by atoms with E-state index in [1.54, 1.807) is 12.1 Å². The molecule has 0 fully saturated rings. The van der Waals surface area contributed by atoms with E-state index >= 15 is 0 Å². The van der Waals surface area contributed by atoms with Crippen molar-refractivity contribution in [2.75, 3.05) is 6.61 Å². The highest BCUT2D eigenvalue weighted by Gasteiger charge is 2.20. The minimum absolute atomic E-state index is 0.317. The maximum atomic E-state index is 9.83. The number of ether oxygens (including phenoxy) is 1. The third-order valence-corrected chi connectivity index (χ3v) is 5.68. The second-order valence-electron chi connectivity index (χ2n) is 6.43. The fourth-order valence-corrected chi connectivity index (χ4v) is 4.28. The van der Waals surface area contributed by atoms with Gasteiger partial charge in [-0.3, -0.25) is 0 Å². The molecule has 4 rings (SSSR count). The van der Waals surface area contributed by atoms with Crippen molar-refractivity contribution >= 4 is 27.4 Å². The number of hydrogen-bond donors (Lipinski definition) is 0. The fourth-order valence-electron chi connectivity index (χ4n) is 3.12. The maximum absolute atomic E-state index is 9.83. The number of para-hydroxylation sites is 1. The molecule has 0 aliphatic carbocycles. The molecule has 31 heavy (non-hydrogen) atoms. The molecule has 0 amide bonds. The molecule has 0 saturated carbocycles. The van der Waals surface area contributed by atoms with Gasteiger partial charge in [0.15, 0.2) is 5.82 Å². The zero-order valence-corrected chi connectivity index (χ0v) is 17.4. The molecule has 0 atom stereocenters. The first-order valence-electron chi connectivity index (χ1n) is 9.51. The summed E-state index contributed by atoms with van der Waals surface area (Å²) >= 11 is 1.40. The van der Waals surface area contributed by atoms with Crippen LogP contribution in [0.2, 0.25) is 0 Å². The normalized spacial score (nSPS) is 10.8. The Morgan fingerprint density at radius 2 is 1.94 bits per heavy atom. The number of azo groups is 1. The smallest absolute Gasteiger partial charge is 0.195 e. The van der Waals surface area contributed by atoms with Gasteiger partial charge in [-0.15, -0.1) is 16.5 Å². The van der Waals surface area contributed by atoms with Crippen LogP contribution in [-0.4, -0.2) is 16.6 Å². The van der Waals surface area contributed by atoms with Crippen molar-refractivity contribution < 1.29 is 4.74 Å². The van der Waals surface area contributed by atoms with Crippen LogP contribution in [0.5, 0.6) is 5.75 Å². The molecular formula is C23H16N6OS. The highest BCUT2D eigenvalue weighted by molar-refractivity contribution is 7.23. The van der Waals surface area contributed by atoms with Gasteiger partial charge in [-0.2, -0.15) is 15.6 Å². The van der Waals surface area contributed by atoms with Crippen molar-refractivity contribution in [1.82, 2.24) is 9.97 Å². The summed E-state index contributed by atoms with van der Waals surface area (Å²) in [4.78, 5) is 9.34. The van der Waals surface area contributed by atoms with Crippen molar-refractivity contribution in [2.24, 2.45) is 10.2 Å². The Balaban J connectivity index is 1.74. The van der Waals surface area contributed by atoms with Gasteiger partial charge < -0.3 is 4.74 Å². The molecule has 2 aromatic heterocycles. The molecule has 0 aliphatic heterocycles. The first kappa shape index (κ1) is 20.1. The zero-order valence-electron chi connectivity index (χ0n) is 16.6. The highest BCUT2D eigenvalue weighted by atomic mass is 32.1. The zero-order chi connectivity index (χ0) is 21.6. The van der Waals surface area contributed by atoms with E-state index in [4.69, 9.17) is 10.00 Å². The molecule has 0 radical (unpaired) electrons. The maximum Gasteiger partial charge on any atom is 0.195 e. The van der Waals surface area contributed by atoms with Crippen LogP contribution in [0.15, 0.2) is 65.1 Å². The SMILES string of the molecule is CCOc1ccccc1-c1sc2c(N=NCc3cccc(C#N)c3)ncnc2c1C#N. The second-order valence-corrected chi connectivity index (χ2v) is 7.45. The Labute approximate surface area is 182 Å². The van der Waals surface area contributed by atoms with E-state index in [0.29, 0.717) is 46.1 Å². The van der Waals surface area contributed by atoms with Crippen LogP contribution in [-0.2, 0) is 6.54 Å².